The average molecular weight is 458 g/mol. The van der Waals surface area contributed by atoms with Crippen molar-refractivity contribution in [3.05, 3.63) is 60.4 Å². The average Bonchev–Trinajstić information content (AvgIpc) is 3.23. The van der Waals surface area contributed by atoms with Crippen LogP contribution in [0.1, 0.15) is 24.2 Å². The number of anilines is 2. The molecular weight excluding hydrogens is 430 g/mol. The van der Waals surface area contributed by atoms with Gasteiger partial charge < -0.3 is 20.1 Å². The van der Waals surface area contributed by atoms with E-state index in [0.29, 0.717) is 23.7 Å². The third-order valence-corrected chi connectivity index (χ3v) is 6.31. The normalized spacial score (nSPS) is 22.0. The van der Waals surface area contributed by atoms with Gasteiger partial charge in [-0.15, -0.1) is 0 Å². The quantitative estimate of drug-likeness (QED) is 0.470. The van der Waals surface area contributed by atoms with E-state index in [-0.39, 0.29) is 6.10 Å². The molecule has 0 aromatic carbocycles. The molecule has 2 N–H and O–H groups in total. The second-order valence-corrected chi connectivity index (χ2v) is 9.11. The Bertz CT molecular complexity index is 1310. The summed E-state index contributed by atoms with van der Waals surface area (Å²) in [5, 5.41) is 11.4. The summed E-state index contributed by atoms with van der Waals surface area (Å²) in [5.74, 6) is 2.18. The maximum Gasteiger partial charge on any atom is 0.154 e. The highest BCUT2D eigenvalue weighted by atomic mass is 16.5. The maximum atomic E-state index is 6.53. The fourth-order valence-corrected chi connectivity index (χ4v) is 4.74. The Morgan fingerprint density at radius 2 is 1.79 bits per heavy atom. The van der Waals surface area contributed by atoms with Crippen LogP contribution in [0.4, 0.5) is 11.6 Å². The van der Waals surface area contributed by atoms with Crippen LogP contribution in [-0.2, 0) is 4.74 Å². The summed E-state index contributed by atoms with van der Waals surface area (Å²) in [5.41, 5.74) is 4.89. The Labute approximate surface area is 197 Å². The van der Waals surface area contributed by atoms with Crippen molar-refractivity contribution in [1.29, 1.82) is 0 Å². The lowest BCUT2D eigenvalue weighted by Crippen LogP contribution is -2.56. The lowest BCUT2D eigenvalue weighted by molar-refractivity contribution is -0.0122. The van der Waals surface area contributed by atoms with Gasteiger partial charge in [0, 0.05) is 48.4 Å². The SMILES string of the molecule is Cc1cnc(Nc2cc3cc(-c4cc(C)ncc4O[C@H]4C[C@H]5COC[C@@H](C4)N5)ccn3n2)cn1. The van der Waals surface area contributed by atoms with Crippen LogP contribution in [0, 0.1) is 13.8 Å². The number of pyridine rings is 2. The molecule has 174 valence electrons. The molecule has 2 aliphatic rings. The fraction of sp³-hybridized carbons (Fsp3) is 0.360. The number of nitrogens with zero attached hydrogens (tertiary/aromatic N) is 5. The summed E-state index contributed by atoms with van der Waals surface area (Å²) in [6, 6.07) is 8.96. The van der Waals surface area contributed by atoms with Gasteiger partial charge in [0.1, 0.15) is 17.7 Å². The number of morpholine rings is 1. The van der Waals surface area contributed by atoms with Gasteiger partial charge in [-0.3, -0.25) is 9.97 Å². The highest BCUT2D eigenvalue weighted by molar-refractivity contribution is 5.75. The van der Waals surface area contributed by atoms with Crippen LogP contribution in [0.25, 0.3) is 16.6 Å². The third-order valence-electron chi connectivity index (χ3n) is 6.31. The first-order valence-electron chi connectivity index (χ1n) is 11.6. The molecule has 6 rings (SSSR count). The molecule has 0 saturated carbocycles. The summed E-state index contributed by atoms with van der Waals surface area (Å²) in [7, 11) is 0. The minimum atomic E-state index is 0.147. The highest BCUT2D eigenvalue weighted by Gasteiger charge is 2.33. The Morgan fingerprint density at radius 1 is 0.971 bits per heavy atom. The second-order valence-electron chi connectivity index (χ2n) is 9.11. The van der Waals surface area contributed by atoms with Crippen molar-refractivity contribution in [3.63, 3.8) is 0 Å². The van der Waals surface area contributed by atoms with Crippen LogP contribution < -0.4 is 15.4 Å². The largest absolute Gasteiger partial charge is 0.488 e. The van der Waals surface area contributed by atoms with Crippen molar-refractivity contribution < 1.29 is 9.47 Å². The van der Waals surface area contributed by atoms with Crippen molar-refractivity contribution in [2.24, 2.45) is 0 Å². The van der Waals surface area contributed by atoms with E-state index >= 15 is 0 Å². The van der Waals surface area contributed by atoms with E-state index in [1.165, 1.54) is 0 Å². The van der Waals surface area contributed by atoms with Crippen molar-refractivity contribution in [2.75, 3.05) is 18.5 Å². The van der Waals surface area contributed by atoms with E-state index in [2.05, 4.69) is 48.9 Å². The van der Waals surface area contributed by atoms with Crippen molar-refractivity contribution >= 4 is 17.2 Å². The van der Waals surface area contributed by atoms with Gasteiger partial charge in [0.05, 0.1) is 43.0 Å². The van der Waals surface area contributed by atoms with E-state index in [1.54, 1.807) is 12.4 Å². The lowest BCUT2D eigenvalue weighted by Gasteiger charge is -2.40. The molecule has 0 radical (unpaired) electrons. The van der Waals surface area contributed by atoms with E-state index in [4.69, 9.17) is 9.47 Å². The first-order chi connectivity index (χ1) is 16.6. The molecule has 0 unspecified atom stereocenters. The fourth-order valence-electron chi connectivity index (χ4n) is 4.74. The van der Waals surface area contributed by atoms with Gasteiger partial charge in [-0.2, -0.15) is 5.10 Å². The van der Waals surface area contributed by atoms with Crippen molar-refractivity contribution in [2.45, 2.75) is 44.9 Å². The summed E-state index contributed by atoms with van der Waals surface area (Å²) in [4.78, 5) is 13.1. The number of ether oxygens (including phenoxy) is 2. The first kappa shape index (κ1) is 21.0. The van der Waals surface area contributed by atoms with Gasteiger partial charge >= 0.3 is 0 Å². The van der Waals surface area contributed by atoms with Crippen LogP contribution in [0.15, 0.2) is 49.1 Å². The predicted octanol–water partition coefficient (Wildman–Crippen LogP) is 3.44. The van der Waals surface area contributed by atoms with E-state index in [9.17, 15) is 0 Å². The molecule has 34 heavy (non-hydrogen) atoms. The van der Waals surface area contributed by atoms with E-state index in [0.717, 1.165) is 59.8 Å². The molecular formula is C25H27N7O2. The molecule has 9 nitrogen and oxygen atoms in total. The zero-order valence-electron chi connectivity index (χ0n) is 19.2. The Morgan fingerprint density at radius 3 is 2.59 bits per heavy atom. The smallest absolute Gasteiger partial charge is 0.154 e. The molecule has 6 heterocycles. The Hall–Kier alpha value is -3.56. The van der Waals surface area contributed by atoms with Gasteiger partial charge in [0.2, 0.25) is 0 Å². The number of nitrogens with one attached hydrogen (secondary N) is 2. The van der Waals surface area contributed by atoms with Crippen molar-refractivity contribution in [1.82, 2.24) is 29.9 Å². The monoisotopic (exact) mass is 457 g/mol. The highest BCUT2D eigenvalue weighted by Crippen LogP contribution is 2.34. The molecule has 0 spiro atoms. The molecule has 9 heteroatoms. The number of hydrogen-bond donors (Lipinski definition) is 2. The molecule has 2 fully saturated rings. The second kappa shape index (κ2) is 8.66. The number of rotatable bonds is 5. The van der Waals surface area contributed by atoms with E-state index in [1.807, 2.05) is 36.8 Å². The van der Waals surface area contributed by atoms with Crippen LogP contribution in [0.2, 0.25) is 0 Å². The number of fused-ring (bicyclic) bond motifs is 3. The third kappa shape index (κ3) is 4.32. The molecule has 2 saturated heterocycles. The van der Waals surface area contributed by atoms with Gasteiger partial charge in [0.15, 0.2) is 5.82 Å². The molecule has 2 bridgehead atoms. The van der Waals surface area contributed by atoms with Gasteiger partial charge in [0.25, 0.3) is 0 Å². The molecule has 0 aliphatic carbocycles. The first-order valence-corrected chi connectivity index (χ1v) is 11.6. The minimum Gasteiger partial charge on any atom is -0.488 e. The van der Waals surface area contributed by atoms with Crippen LogP contribution >= 0.6 is 0 Å². The topological polar surface area (TPSA) is 98.5 Å². The van der Waals surface area contributed by atoms with Gasteiger partial charge in [-0.1, -0.05) is 0 Å². The zero-order valence-corrected chi connectivity index (χ0v) is 19.2. The summed E-state index contributed by atoms with van der Waals surface area (Å²) in [6.07, 6.45) is 9.26. The van der Waals surface area contributed by atoms with Crippen LogP contribution in [0.3, 0.4) is 0 Å². The zero-order chi connectivity index (χ0) is 23.1. The summed E-state index contributed by atoms with van der Waals surface area (Å²) >= 11 is 0. The summed E-state index contributed by atoms with van der Waals surface area (Å²) in [6.45, 7) is 5.41. The van der Waals surface area contributed by atoms with Crippen molar-refractivity contribution in [3.8, 4) is 16.9 Å². The Kier molecular flexibility index (Phi) is 5.35. The standard InChI is InChI=1S/C25H27N7O2/c1-15-5-22(23(11-26-15)34-21-7-18-13-33-14-19(8-21)29-18)17-3-4-32-20(6-17)9-24(31-32)30-25-12-27-16(2)10-28-25/h3-6,9-12,18-19,21,29H,7-8,13-14H2,1-2H3,(H,28,30,31)/t18-,19+,21-. The number of hydrogen-bond acceptors (Lipinski definition) is 8. The molecule has 4 aromatic heterocycles. The lowest BCUT2D eigenvalue weighted by atomic mass is 9.94. The van der Waals surface area contributed by atoms with Crippen LogP contribution in [-0.4, -0.2) is 56.0 Å². The van der Waals surface area contributed by atoms with Crippen LogP contribution in [0.5, 0.6) is 5.75 Å². The number of aryl methyl sites for hydroxylation is 2. The summed E-state index contributed by atoms with van der Waals surface area (Å²) < 4.78 is 14.1. The Balaban J connectivity index is 1.27. The number of aromatic nitrogens is 5. The number of piperidine rings is 1. The maximum absolute atomic E-state index is 6.53. The van der Waals surface area contributed by atoms with Gasteiger partial charge in [-0.25, -0.2) is 9.50 Å². The molecule has 3 atom stereocenters. The molecule has 0 amide bonds. The van der Waals surface area contributed by atoms with Gasteiger partial charge in [-0.05, 0) is 37.6 Å². The molecule has 2 aliphatic heterocycles. The predicted molar refractivity (Wildman–Crippen MR) is 128 cm³/mol. The minimum absolute atomic E-state index is 0.147. The molecule has 4 aromatic rings. The van der Waals surface area contributed by atoms with E-state index < -0.39 is 0 Å².